The van der Waals surface area contributed by atoms with Gasteiger partial charge in [-0.1, -0.05) is 0 Å². The molecule has 1 fully saturated rings. The van der Waals surface area contributed by atoms with Gasteiger partial charge in [0.15, 0.2) is 5.82 Å². The molecule has 2 aromatic rings. The molecule has 112 valence electrons. The number of aromatic nitrogens is 4. The van der Waals surface area contributed by atoms with Crippen LogP contribution in [0.3, 0.4) is 0 Å². The molecule has 0 saturated carbocycles. The van der Waals surface area contributed by atoms with Crippen molar-refractivity contribution in [1.82, 2.24) is 20.2 Å². The second-order valence-electron chi connectivity index (χ2n) is 4.51. The third-order valence-electron chi connectivity index (χ3n) is 3.09. The first kappa shape index (κ1) is 13.8. The summed E-state index contributed by atoms with van der Waals surface area (Å²) in [6.07, 6.45) is -3.31. The summed E-state index contributed by atoms with van der Waals surface area (Å²) in [5, 5.41) is 6.78. The number of ether oxygens (including phenoxy) is 1. The molecule has 0 radical (unpaired) electrons. The normalized spacial score (nSPS) is 16.2. The van der Waals surface area contributed by atoms with E-state index >= 15 is 0 Å². The van der Waals surface area contributed by atoms with Gasteiger partial charge in [-0.2, -0.15) is 18.2 Å². The number of hydrogen-bond acceptors (Lipinski definition) is 5. The molecule has 3 heterocycles. The van der Waals surface area contributed by atoms with Gasteiger partial charge in [0.2, 0.25) is 5.95 Å². The van der Waals surface area contributed by atoms with E-state index in [1.807, 2.05) is 4.90 Å². The van der Waals surface area contributed by atoms with Crippen molar-refractivity contribution < 1.29 is 17.9 Å². The molecule has 1 saturated heterocycles. The van der Waals surface area contributed by atoms with Gasteiger partial charge < -0.3 is 9.64 Å². The molecule has 0 atom stereocenters. The fourth-order valence-corrected chi connectivity index (χ4v) is 1.99. The SMILES string of the molecule is FC(F)(F)c1ccc(-c2nc(N3CCOCC3)n[nH]2)cn1. The Morgan fingerprint density at radius 1 is 1.19 bits per heavy atom. The molecule has 6 nitrogen and oxygen atoms in total. The monoisotopic (exact) mass is 299 g/mol. The molecular weight excluding hydrogens is 287 g/mol. The van der Waals surface area contributed by atoms with Gasteiger partial charge in [0.1, 0.15) is 5.69 Å². The Balaban J connectivity index is 1.79. The Hall–Kier alpha value is -2.16. The molecule has 3 rings (SSSR count). The lowest BCUT2D eigenvalue weighted by Gasteiger charge is -2.25. The van der Waals surface area contributed by atoms with Gasteiger partial charge in [0.05, 0.1) is 13.2 Å². The second-order valence-corrected chi connectivity index (χ2v) is 4.51. The lowest BCUT2D eigenvalue weighted by molar-refractivity contribution is -0.141. The molecule has 2 aromatic heterocycles. The van der Waals surface area contributed by atoms with E-state index in [1.165, 1.54) is 6.07 Å². The zero-order valence-electron chi connectivity index (χ0n) is 10.9. The number of anilines is 1. The molecule has 1 N–H and O–H groups in total. The molecule has 0 unspecified atom stereocenters. The minimum Gasteiger partial charge on any atom is -0.378 e. The molecule has 21 heavy (non-hydrogen) atoms. The van der Waals surface area contributed by atoms with Crippen LogP contribution in [-0.4, -0.2) is 46.5 Å². The highest BCUT2D eigenvalue weighted by Crippen LogP contribution is 2.28. The van der Waals surface area contributed by atoms with Crippen molar-refractivity contribution in [2.45, 2.75) is 6.18 Å². The van der Waals surface area contributed by atoms with Crippen LogP contribution in [0.5, 0.6) is 0 Å². The van der Waals surface area contributed by atoms with Crippen molar-refractivity contribution in [3.05, 3.63) is 24.0 Å². The Bertz CT molecular complexity index is 604. The summed E-state index contributed by atoms with van der Waals surface area (Å²) in [5.74, 6) is 0.894. The predicted molar refractivity (Wildman–Crippen MR) is 67.6 cm³/mol. The topological polar surface area (TPSA) is 66.9 Å². The summed E-state index contributed by atoms with van der Waals surface area (Å²) in [5.41, 5.74) is -0.478. The lowest BCUT2D eigenvalue weighted by atomic mass is 10.2. The van der Waals surface area contributed by atoms with Gasteiger partial charge in [-0.25, -0.2) is 0 Å². The van der Waals surface area contributed by atoms with E-state index in [2.05, 4.69) is 20.2 Å². The number of aromatic amines is 1. The highest BCUT2D eigenvalue weighted by Gasteiger charge is 2.32. The first-order valence-electron chi connectivity index (χ1n) is 6.33. The van der Waals surface area contributed by atoms with Crippen LogP contribution in [-0.2, 0) is 10.9 Å². The van der Waals surface area contributed by atoms with E-state index in [0.29, 0.717) is 43.6 Å². The van der Waals surface area contributed by atoms with Crippen LogP contribution in [0, 0.1) is 0 Å². The van der Waals surface area contributed by atoms with E-state index in [9.17, 15) is 13.2 Å². The smallest absolute Gasteiger partial charge is 0.378 e. The predicted octanol–water partition coefficient (Wildman–Crippen LogP) is 1.72. The van der Waals surface area contributed by atoms with Crippen molar-refractivity contribution in [3.8, 4) is 11.4 Å². The Morgan fingerprint density at radius 3 is 2.57 bits per heavy atom. The summed E-state index contributed by atoms with van der Waals surface area (Å²) in [4.78, 5) is 9.63. The van der Waals surface area contributed by atoms with E-state index in [4.69, 9.17) is 4.74 Å². The number of alkyl halides is 3. The highest BCUT2D eigenvalue weighted by molar-refractivity contribution is 5.55. The van der Waals surface area contributed by atoms with Crippen LogP contribution in [0.25, 0.3) is 11.4 Å². The Kier molecular flexibility index (Phi) is 3.50. The quantitative estimate of drug-likeness (QED) is 0.914. The van der Waals surface area contributed by atoms with Crippen LogP contribution in [0.4, 0.5) is 19.1 Å². The second kappa shape index (κ2) is 5.32. The first-order valence-corrected chi connectivity index (χ1v) is 6.33. The van der Waals surface area contributed by atoms with Crippen molar-refractivity contribution >= 4 is 5.95 Å². The van der Waals surface area contributed by atoms with Gasteiger partial charge in [0.25, 0.3) is 0 Å². The van der Waals surface area contributed by atoms with Gasteiger partial charge in [-0.15, -0.1) is 5.10 Å². The van der Waals surface area contributed by atoms with Crippen molar-refractivity contribution in [1.29, 1.82) is 0 Å². The molecule has 0 aromatic carbocycles. The van der Waals surface area contributed by atoms with Gasteiger partial charge >= 0.3 is 6.18 Å². The van der Waals surface area contributed by atoms with Crippen LogP contribution in [0.1, 0.15) is 5.69 Å². The van der Waals surface area contributed by atoms with E-state index in [1.54, 1.807) is 0 Å². The van der Waals surface area contributed by atoms with Crippen molar-refractivity contribution in [2.75, 3.05) is 31.2 Å². The minimum atomic E-state index is -4.45. The fourth-order valence-electron chi connectivity index (χ4n) is 1.99. The zero-order valence-corrected chi connectivity index (χ0v) is 10.9. The average Bonchev–Trinajstić information content (AvgIpc) is 2.97. The summed E-state index contributed by atoms with van der Waals surface area (Å²) in [7, 11) is 0. The number of nitrogens with zero attached hydrogens (tertiary/aromatic N) is 4. The van der Waals surface area contributed by atoms with Crippen LogP contribution < -0.4 is 4.90 Å². The van der Waals surface area contributed by atoms with E-state index < -0.39 is 11.9 Å². The zero-order chi connectivity index (χ0) is 14.9. The van der Waals surface area contributed by atoms with Crippen molar-refractivity contribution in [3.63, 3.8) is 0 Å². The lowest BCUT2D eigenvalue weighted by Crippen LogP contribution is -2.36. The number of pyridine rings is 1. The summed E-state index contributed by atoms with van der Waals surface area (Å²) < 4.78 is 42.6. The maximum Gasteiger partial charge on any atom is 0.433 e. The minimum absolute atomic E-state index is 0.387. The maximum absolute atomic E-state index is 12.5. The number of rotatable bonds is 2. The highest BCUT2D eigenvalue weighted by atomic mass is 19.4. The molecule has 0 spiro atoms. The van der Waals surface area contributed by atoms with Crippen molar-refractivity contribution in [2.24, 2.45) is 0 Å². The largest absolute Gasteiger partial charge is 0.433 e. The van der Waals surface area contributed by atoms with Gasteiger partial charge in [-0.05, 0) is 12.1 Å². The molecular formula is C12H12F3N5O. The first-order chi connectivity index (χ1) is 10.0. The third kappa shape index (κ3) is 2.97. The summed E-state index contributed by atoms with van der Waals surface area (Å²) in [6, 6.07) is 2.24. The standard InChI is InChI=1S/C12H12F3N5O/c13-12(14,15)9-2-1-8(7-16-9)10-17-11(19-18-10)20-3-5-21-6-4-20/h1-2,7H,3-6H2,(H,17,18,19). The van der Waals surface area contributed by atoms with Gasteiger partial charge in [0, 0.05) is 24.8 Å². The van der Waals surface area contributed by atoms with E-state index in [-0.39, 0.29) is 0 Å². The Labute approximate surface area is 118 Å². The number of nitrogens with one attached hydrogen (secondary N) is 1. The Morgan fingerprint density at radius 2 is 1.95 bits per heavy atom. The number of hydrogen-bond donors (Lipinski definition) is 1. The number of halogens is 3. The van der Waals surface area contributed by atoms with Crippen LogP contribution in [0.15, 0.2) is 18.3 Å². The van der Waals surface area contributed by atoms with Gasteiger partial charge in [-0.3, -0.25) is 10.1 Å². The average molecular weight is 299 g/mol. The third-order valence-corrected chi connectivity index (χ3v) is 3.09. The van der Waals surface area contributed by atoms with E-state index in [0.717, 1.165) is 12.3 Å². The fraction of sp³-hybridized carbons (Fsp3) is 0.417. The van der Waals surface area contributed by atoms with Crippen LogP contribution >= 0.6 is 0 Å². The number of H-pyrrole nitrogens is 1. The molecule has 1 aliphatic heterocycles. The summed E-state index contributed by atoms with van der Waals surface area (Å²) >= 11 is 0. The summed E-state index contributed by atoms with van der Waals surface area (Å²) in [6.45, 7) is 2.57. The molecule has 0 amide bonds. The molecule has 9 heteroatoms. The molecule has 0 bridgehead atoms. The molecule has 0 aliphatic carbocycles. The maximum atomic E-state index is 12.5. The number of morpholine rings is 1. The van der Waals surface area contributed by atoms with Crippen LogP contribution in [0.2, 0.25) is 0 Å². The molecule has 1 aliphatic rings.